The first-order chi connectivity index (χ1) is 9.69. The van der Waals surface area contributed by atoms with Crippen molar-refractivity contribution in [2.45, 2.75) is 13.5 Å². The average Bonchev–Trinajstić information content (AvgIpc) is 2.43. The van der Waals surface area contributed by atoms with Gasteiger partial charge in [0.05, 0.1) is 6.61 Å². The lowest BCUT2D eigenvalue weighted by atomic mass is 10.2. The molecule has 1 aromatic rings. The van der Waals surface area contributed by atoms with E-state index < -0.39 is 5.82 Å². The fourth-order valence-corrected chi connectivity index (χ4v) is 1.64. The highest BCUT2D eigenvalue weighted by Crippen LogP contribution is 2.22. The van der Waals surface area contributed by atoms with E-state index in [1.807, 2.05) is 6.92 Å². The molecule has 0 saturated carbocycles. The molecule has 5 nitrogen and oxygen atoms in total. The molecule has 0 aliphatic carbocycles. The second-order valence-electron chi connectivity index (χ2n) is 4.14. The molecule has 2 N–H and O–H groups in total. The van der Waals surface area contributed by atoms with Crippen LogP contribution in [0.2, 0.25) is 0 Å². The van der Waals surface area contributed by atoms with Gasteiger partial charge in [-0.3, -0.25) is 4.79 Å². The predicted octanol–water partition coefficient (Wildman–Crippen LogP) is 1.08. The molecule has 0 atom stereocenters. The molecule has 0 aliphatic heterocycles. The lowest BCUT2D eigenvalue weighted by Gasteiger charge is -2.12. The van der Waals surface area contributed by atoms with Gasteiger partial charge in [0.2, 0.25) is 0 Å². The number of hydrogen-bond donors (Lipinski definition) is 2. The number of carbonyl (C=O) groups excluding carboxylic acids is 1. The summed E-state index contributed by atoms with van der Waals surface area (Å²) in [5.74, 6) is -0.627. The summed E-state index contributed by atoms with van der Waals surface area (Å²) in [6.45, 7) is 3.82. The first kappa shape index (κ1) is 16.4. The highest BCUT2D eigenvalue weighted by atomic mass is 19.1. The smallest absolute Gasteiger partial charge is 0.257 e. The van der Waals surface area contributed by atoms with Crippen LogP contribution in [0, 0.1) is 5.82 Å². The Morgan fingerprint density at radius 1 is 1.40 bits per heavy atom. The van der Waals surface area contributed by atoms with E-state index in [0.717, 1.165) is 0 Å². The van der Waals surface area contributed by atoms with Gasteiger partial charge in [-0.1, -0.05) is 12.1 Å². The van der Waals surface area contributed by atoms with Crippen molar-refractivity contribution in [3.05, 3.63) is 29.6 Å². The molecule has 0 saturated heterocycles. The van der Waals surface area contributed by atoms with Crippen LogP contribution in [0.3, 0.4) is 0 Å². The van der Waals surface area contributed by atoms with Gasteiger partial charge in [0.15, 0.2) is 18.2 Å². The Morgan fingerprint density at radius 3 is 2.90 bits per heavy atom. The van der Waals surface area contributed by atoms with Gasteiger partial charge in [-0.25, -0.2) is 4.39 Å². The molecule has 112 valence electrons. The molecular formula is C14H21FN2O3. The first-order valence-corrected chi connectivity index (χ1v) is 6.55. The molecule has 0 heterocycles. The summed E-state index contributed by atoms with van der Waals surface area (Å²) in [6, 6.07) is 4.68. The van der Waals surface area contributed by atoms with Crippen LogP contribution < -0.4 is 15.4 Å². The van der Waals surface area contributed by atoms with Crippen molar-refractivity contribution in [1.29, 1.82) is 0 Å². The van der Waals surface area contributed by atoms with E-state index in [4.69, 9.17) is 9.47 Å². The van der Waals surface area contributed by atoms with E-state index in [1.165, 1.54) is 6.07 Å². The van der Waals surface area contributed by atoms with Crippen molar-refractivity contribution >= 4 is 5.91 Å². The number of amides is 1. The zero-order chi connectivity index (χ0) is 14.8. The molecule has 1 aromatic carbocycles. The van der Waals surface area contributed by atoms with Crippen LogP contribution in [-0.4, -0.2) is 39.3 Å². The summed E-state index contributed by atoms with van der Waals surface area (Å²) in [7, 11) is 1.62. The largest absolute Gasteiger partial charge is 0.480 e. The van der Waals surface area contributed by atoms with Crippen molar-refractivity contribution in [3.8, 4) is 5.75 Å². The maximum absolute atomic E-state index is 13.8. The third-order valence-electron chi connectivity index (χ3n) is 2.57. The monoisotopic (exact) mass is 284 g/mol. The normalized spacial score (nSPS) is 10.3. The number of rotatable bonds is 9. The number of hydrogen-bond acceptors (Lipinski definition) is 4. The van der Waals surface area contributed by atoms with Crippen molar-refractivity contribution in [2.75, 3.05) is 33.4 Å². The second-order valence-corrected chi connectivity index (χ2v) is 4.14. The Balaban J connectivity index is 2.60. The predicted molar refractivity (Wildman–Crippen MR) is 74.2 cm³/mol. The van der Waals surface area contributed by atoms with Gasteiger partial charge in [0.1, 0.15) is 0 Å². The number of para-hydroxylation sites is 1. The van der Waals surface area contributed by atoms with Crippen molar-refractivity contribution in [1.82, 2.24) is 10.6 Å². The maximum atomic E-state index is 13.8. The number of likely N-dealkylation sites (N-methyl/N-ethyl adjacent to an activating group) is 1. The summed E-state index contributed by atoms with van der Waals surface area (Å²) >= 11 is 0. The number of halogens is 1. The molecule has 1 rings (SSSR count). The molecular weight excluding hydrogens is 263 g/mol. The van der Waals surface area contributed by atoms with E-state index >= 15 is 0 Å². The van der Waals surface area contributed by atoms with Crippen molar-refractivity contribution < 1.29 is 18.7 Å². The summed E-state index contributed by atoms with van der Waals surface area (Å²) < 4.78 is 24.0. The minimum atomic E-state index is -0.472. The molecule has 0 aromatic heterocycles. The van der Waals surface area contributed by atoms with Crippen LogP contribution in [0.25, 0.3) is 0 Å². The number of benzene rings is 1. The molecule has 0 bridgehead atoms. The van der Waals surface area contributed by atoms with E-state index in [2.05, 4.69) is 10.6 Å². The number of methoxy groups -OCH3 is 1. The third-order valence-corrected chi connectivity index (χ3v) is 2.57. The molecule has 0 fully saturated rings. The van der Waals surface area contributed by atoms with Gasteiger partial charge in [0.25, 0.3) is 5.91 Å². The standard InChI is InChI=1S/C14H21FN2O3/c1-3-17-13(18)10-20-14-11(5-4-6-12(14)15)9-16-7-8-19-2/h4-6,16H,3,7-10H2,1-2H3,(H,17,18). The van der Waals surface area contributed by atoms with Crippen LogP contribution in [0.5, 0.6) is 5.75 Å². The van der Waals surface area contributed by atoms with E-state index in [-0.39, 0.29) is 18.3 Å². The maximum Gasteiger partial charge on any atom is 0.257 e. The molecule has 0 spiro atoms. The SMILES string of the molecule is CCNC(=O)COc1c(F)cccc1CNCCOC. The van der Waals surface area contributed by atoms with Crippen LogP contribution in [-0.2, 0) is 16.1 Å². The summed E-state index contributed by atoms with van der Waals surface area (Å²) in [5, 5.41) is 5.71. The molecule has 0 radical (unpaired) electrons. The molecule has 0 aliphatic rings. The molecule has 20 heavy (non-hydrogen) atoms. The van der Waals surface area contributed by atoms with Gasteiger partial charge >= 0.3 is 0 Å². The summed E-state index contributed by atoms with van der Waals surface area (Å²) in [4.78, 5) is 11.3. The number of nitrogens with one attached hydrogen (secondary N) is 2. The summed E-state index contributed by atoms with van der Waals surface area (Å²) in [6.07, 6.45) is 0. The second kappa shape index (κ2) is 9.28. The van der Waals surface area contributed by atoms with Crippen LogP contribution in [0.15, 0.2) is 18.2 Å². The Morgan fingerprint density at radius 2 is 2.20 bits per heavy atom. The minimum absolute atomic E-state index is 0.115. The average molecular weight is 284 g/mol. The highest BCUT2D eigenvalue weighted by molar-refractivity contribution is 5.77. The van der Waals surface area contributed by atoms with E-state index in [0.29, 0.717) is 31.8 Å². The fourth-order valence-electron chi connectivity index (χ4n) is 1.64. The van der Waals surface area contributed by atoms with Crippen LogP contribution in [0.4, 0.5) is 4.39 Å². The van der Waals surface area contributed by atoms with E-state index in [1.54, 1.807) is 19.2 Å². The van der Waals surface area contributed by atoms with Crippen LogP contribution in [0.1, 0.15) is 12.5 Å². The Bertz CT molecular complexity index is 427. The van der Waals surface area contributed by atoms with Crippen molar-refractivity contribution in [2.24, 2.45) is 0 Å². The van der Waals surface area contributed by atoms with Gasteiger partial charge in [-0.15, -0.1) is 0 Å². The van der Waals surface area contributed by atoms with Gasteiger partial charge in [-0.05, 0) is 13.0 Å². The minimum Gasteiger partial charge on any atom is -0.480 e. The zero-order valence-corrected chi connectivity index (χ0v) is 11.9. The fraction of sp³-hybridized carbons (Fsp3) is 0.500. The summed E-state index contributed by atoms with van der Waals surface area (Å²) in [5.41, 5.74) is 0.672. The lowest BCUT2D eigenvalue weighted by Crippen LogP contribution is -2.29. The van der Waals surface area contributed by atoms with Gasteiger partial charge < -0.3 is 20.1 Å². The Hall–Kier alpha value is -1.66. The molecule has 1 amide bonds. The molecule has 6 heteroatoms. The quantitative estimate of drug-likeness (QED) is 0.666. The lowest BCUT2D eigenvalue weighted by molar-refractivity contribution is -0.123. The molecule has 0 unspecified atom stereocenters. The first-order valence-electron chi connectivity index (χ1n) is 6.55. The zero-order valence-electron chi connectivity index (χ0n) is 11.9. The number of carbonyl (C=O) groups is 1. The van der Waals surface area contributed by atoms with Gasteiger partial charge in [-0.2, -0.15) is 0 Å². The Kier molecular flexibility index (Phi) is 7.60. The highest BCUT2D eigenvalue weighted by Gasteiger charge is 2.11. The van der Waals surface area contributed by atoms with Gasteiger partial charge in [0, 0.05) is 32.3 Å². The number of ether oxygens (including phenoxy) is 2. The third kappa shape index (κ3) is 5.54. The Labute approximate surface area is 118 Å². The van der Waals surface area contributed by atoms with Crippen LogP contribution >= 0.6 is 0 Å². The van der Waals surface area contributed by atoms with E-state index in [9.17, 15) is 9.18 Å². The van der Waals surface area contributed by atoms with Crippen molar-refractivity contribution in [3.63, 3.8) is 0 Å². The topological polar surface area (TPSA) is 59.6 Å².